The molecule has 0 fully saturated rings. The molecule has 0 aliphatic heterocycles. The maximum Gasteiger partial charge on any atom is 0.323 e. The minimum Gasteiger partial charge on any atom is -0.372 e. The van der Waals surface area contributed by atoms with Gasteiger partial charge in [-0.2, -0.15) is 0 Å². The van der Waals surface area contributed by atoms with Gasteiger partial charge in [-0.15, -0.1) is 0 Å². The minimum atomic E-state index is -0.548. The predicted octanol–water partition coefficient (Wildman–Crippen LogP) is 3.30. The number of hydrogen-bond donors (Lipinski definition) is 3. The van der Waals surface area contributed by atoms with Crippen molar-refractivity contribution in [1.82, 2.24) is 0 Å². The molecule has 6 nitrogen and oxygen atoms in total. The second kappa shape index (κ2) is 7.95. The summed E-state index contributed by atoms with van der Waals surface area (Å²) in [6, 6.07) is 15.7. The summed E-state index contributed by atoms with van der Waals surface area (Å²) in [6.45, 7) is 1.66. The van der Waals surface area contributed by atoms with E-state index in [0.717, 1.165) is 0 Å². The van der Waals surface area contributed by atoms with Gasteiger partial charge in [0, 0.05) is 24.2 Å². The summed E-state index contributed by atoms with van der Waals surface area (Å²) in [5.41, 5.74) is 1.85. The summed E-state index contributed by atoms with van der Waals surface area (Å²) in [7, 11) is 1.47. The van der Waals surface area contributed by atoms with Crippen molar-refractivity contribution in [2.75, 3.05) is 23.1 Å². The highest BCUT2D eigenvalue weighted by Crippen LogP contribution is 2.16. The van der Waals surface area contributed by atoms with Gasteiger partial charge < -0.3 is 20.7 Å². The number of para-hydroxylation sites is 1. The number of hydrogen-bond acceptors (Lipinski definition) is 3. The quantitative estimate of drug-likeness (QED) is 0.792. The fraction of sp³-hybridized carbons (Fsp3) is 0.176. The first-order valence-electron chi connectivity index (χ1n) is 7.15. The van der Waals surface area contributed by atoms with Crippen molar-refractivity contribution in [1.29, 1.82) is 0 Å². The van der Waals surface area contributed by atoms with E-state index in [4.69, 9.17) is 4.74 Å². The van der Waals surface area contributed by atoms with E-state index in [1.165, 1.54) is 7.11 Å². The number of ether oxygens (including phenoxy) is 1. The Morgan fingerprint density at radius 1 is 0.870 bits per heavy atom. The Balaban J connectivity index is 1.97. The van der Waals surface area contributed by atoms with Gasteiger partial charge in [0.15, 0.2) is 0 Å². The molecule has 2 rings (SSSR count). The molecule has 0 radical (unpaired) electrons. The van der Waals surface area contributed by atoms with Crippen LogP contribution in [0.15, 0.2) is 54.6 Å². The van der Waals surface area contributed by atoms with Gasteiger partial charge in [0.1, 0.15) is 6.10 Å². The maximum absolute atomic E-state index is 11.9. The molecule has 120 valence electrons. The van der Waals surface area contributed by atoms with Crippen LogP contribution in [0.1, 0.15) is 6.92 Å². The number of carbonyl (C=O) groups excluding carboxylic acids is 2. The van der Waals surface area contributed by atoms with Crippen LogP contribution in [0.5, 0.6) is 0 Å². The Kier molecular flexibility index (Phi) is 5.71. The highest BCUT2D eigenvalue weighted by atomic mass is 16.5. The molecule has 2 aromatic carbocycles. The first-order valence-corrected chi connectivity index (χ1v) is 7.15. The Bertz CT molecular complexity index is 674. The molecule has 0 spiro atoms. The molecular formula is C17H19N3O3. The third kappa shape index (κ3) is 5.12. The zero-order chi connectivity index (χ0) is 16.7. The number of carbonyl (C=O) groups is 2. The van der Waals surface area contributed by atoms with Crippen molar-refractivity contribution in [2.45, 2.75) is 13.0 Å². The monoisotopic (exact) mass is 313 g/mol. The van der Waals surface area contributed by atoms with Gasteiger partial charge in [0.2, 0.25) is 0 Å². The molecule has 6 heteroatoms. The van der Waals surface area contributed by atoms with Crippen molar-refractivity contribution in [2.24, 2.45) is 0 Å². The van der Waals surface area contributed by atoms with Gasteiger partial charge in [-0.05, 0) is 37.3 Å². The van der Waals surface area contributed by atoms with Crippen molar-refractivity contribution in [3.63, 3.8) is 0 Å². The van der Waals surface area contributed by atoms with E-state index in [1.54, 1.807) is 43.3 Å². The van der Waals surface area contributed by atoms with Gasteiger partial charge >= 0.3 is 6.03 Å². The van der Waals surface area contributed by atoms with Crippen LogP contribution in [0.2, 0.25) is 0 Å². The molecule has 0 saturated heterocycles. The first-order chi connectivity index (χ1) is 11.1. The van der Waals surface area contributed by atoms with Gasteiger partial charge in [0.05, 0.1) is 0 Å². The Morgan fingerprint density at radius 2 is 1.43 bits per heavy atom. The largest absolute Gasteiger partial charge is 0.372 e. The molecule has 1 atom stereocenters. The van der Waals surface area contributed by atoms with E-state index in [1.807, 2.05) is 18.2 Å². The third-order valence-corrected chi connectivity index (χ3v) is 3.14. The SMILES string of the molecule is CO[C@H](C)C(=O)Nc1cccc(NC(=O)Nc2ccccc2)c1. The molecular weight excluding hydrogens is 294 g/mol. The van der Waals surface area contributed by atoms with Crippen LogP contribution in [0, 0.1) is 0 Å². The molecule has 0 aliphatic rings. The van der Waals surface area contributed by atoms with Crippen LogP contribution in [-0.4, -0.2) is 25.2 Å². The lowest BCUT2D eigenvalue weighted by Gasteiger charge is -2.12. The first kappa shape index (κ1) is 16.5. The van der Waals surface area contributed by atoms with Crippen molar-refractivity contribution in [3.05, 3.63) is 54.6 Å². The predicted molar refractivity (Wildman–Crippen MR) is 90.6 cm³/mol. The van der Waals surface area contributed by atoms with Crippen LogP contribution in [-0.2, 0) is 9.53 Å². The number of amides is 3. The number of urea groups is 1. The lowest BCUT2D eigenvalue weighted by Crippen LogP contribution is -2.26. The van der Waals surface area contributed by atoms with E-state index in [-0.39, 0.29) is 11.9 Å². The fourth-order valence-corrected chi connectivity index (χ4v) is 1.84. The third-order valence-electron chi connectivity index (χ3n) is 3.14. The molecule has 3 N–H and O–H groups in total. The van der Waals surface area contributed by atoms with Gasteiger partial charge in [-0.3, -0.25) is 4.79 Å². The van der Waals surface area contributed by atoms with Crippen LogP contribution in [0.25, 0.3) is 0 Å². The second-order valence-corrected chi connectivity index (χ2v) is 4.89. The molecule has 23 heavy (non-hydrogen) atoms. The molecule has 0 saturated carbocycles. The number of benzene rings is 2. The fourth-order valence-electron chi connectivity index (χ4n) is 1.84. The zero-order valence-electron chi connectivity index (χ0n) is 13.0. The van der Waals surface area contributed by atoms with Crippen LogP contribution < -0.4 is 16.0 Å². The topological polar surface area (TPSA) is 79.5 Å². The molecule has 0 bridgehead atoms. The lowest BCUT2D eigenvalue weighted by molar-refractivity contribution is -0.124. The summed E-state index contributed by atoms with van der Waals surface area (Å²) >= 11 is 0. The van der Waals surface area contributed by atoms with Gasteiger partial charge in [0.25, 0.3) is 5.91 Å². The summed E-state index contributed by atoms with van der Waals surface area (Å²) < 4.78 is 4.95. The standard InChI is InChI=1S/C17H19N3O3/c1-12(23-2)16(21)18-14-9-6-10-15(11-14)20-17(22)19-13-7-4-3-5-8-13/h3-12H,1-2H3,(H,18,21)(H2,19,20,22)/t12-/m1/s1. The van der Waals surface area contributed by atoms with E-state index in [0.29, 0.717) is 17.1 Å². The smallest absolute Gasteiger partial charge is 0.323 e. The van der Waals surface area contributed by atoms with Gasteiger partial charge in [-0.25, -0.2) is 4.79 Å². The Morgan fingerprint density at radius 3 is 2.09 bits per heavy atom. The van der Waals surface area contributed by atoms with Crippen molar-refractivity contribution >= 4 is 29.0 Å². The van der Waals surface area contributed by atoms with Crippen LogP contribution in [0.4, 0.5) is 21.9 Å². The van der Waals surface area contributed by atoms with Crippen LogP contribution in [0.3, 0.4) is 0 Å². The van der Waals surface area contributed by atoms with Crippen molar-refractivity contribution in [3.8, 4) is 0 Å². The molecule has 0 unspecified atom stereocenters. The second-order valence-electron chi connectivity index (χ2n) is 4.89. The number of methoxy groups -OCH3 is 1. The number of rotatable bonds is 5. The van der Waals surface area contributed by atoms with E-state index >= 15 is 0 Å². The maximum atomic E-state index is 11.9. The zero-order valence-corrected chi connectivity index (χ0v) is 13.0. The van der Waals surface area contributed by atoms with Crippen molar-refractivity contribution < 1.29 is 14.3 Å². The Labute approximate surface area is 134 Å². The minimum absolute atomic E-state index is 0.251. The van der Waals surface area contributed by atoms with E-state index < -0.39 is 6.10 Å². The van der Waals surface area contributed by atoms with E-state index in [9.17, 15) is 9.59 Å². The Hall–Kier alpha value is -2.86. The van der Waals surface area contributed by atoms with E-state index in [2.05, 4.69) is 16.0 Å². The van der Waals surface area contributed by atoms with Gasteiger partial charge in [-0.1, -0.05) is 24.3 Å². The molecule has 0 aromatic heterocycles. The summed E-state index contributed by atoms with van der Waals surface area (Å²) in [5, 5.41) is 8.16. The normalized spacial score (nSPS) is 11.4. The average molecular weight is 313 g/mol. The number of anilines is 3. The number of nitrogens with one attached hydrogen (secondary N) is 3. The lowest BCUT2D eigenvalue weighted by atomic mass is 10.2. The molecule has 3 amide bonds. The summed E-state index contributed by atoms with van der Waals surface area (Å²) in [4.78, 5) is 23.7. The van der Waals surface area contributed by atoms with Crippen LogP contribution >= 0.6 is 0 Å². The summed E-state index contributed by atoms with van der Waals surface area (Å²) in [6.07, 6.45) is -0.548. The molecule has 0 heterocycles. The molecule has 2 aromatic rings. The highest BCUT2D eigenvalue weighted by Gasteiger charge is 2.11. The summed E-state index contributed by atoms with van der Waals surface area (Å²) in [5.74, 6) is -0.251. The molecule has 0 aliphatic carbocycles. The highest BCUT2D eigenvalue weighted by molar-refractivity contribution is 6.00. The average Bonchev–Trinajstić information content (AvgIpc) is 2.55.